The maximum absolute atomic E-state index is 6.21. The van der Waals surface area contributed by atoms with Gasteiger partial charge in [0.25, 0.3) is 0 Å². The summed E-state index contributed by atoms with van der Waals surface area (Å²) in [5, 5.41) is 4.18. The normalized spacial score (nSPS) is 13.5. The van der Waals surface area contributed by atoms with Crippen LogP contribution in [0.1, 0.15) is 11.1 Å². The molecule has 0 saturated carbocycles. The molecule has 2 heterocycles. The lowest BCUT2D eigenvalue weighted by atomic mass is 10.1. The van der Waals surface area contributed by atoms with E-state index in [4.69, 9.17) is 11.6 Å². The molecule has 0 saturated heterocycles. The first kappa shape index (κ1) is 18.1. The number of para-hydroxylation sites is 1. The number of fused-ring (bicyclic) bond motifs is 1. The Bertz CT molecular complexity index is 578. The quantitative estimate of drug-likeness (QED) is 0.899. The fourth-order valence-electron chi connectivity index (χ4n) is 2.43. The maximum atomic E-state index is 6.21. The van der Waals surface area contributed by atoms with E-state index in [1.165, 1.54) is 11.3 Å². The van der Waals surface area contributed by atoms with Gasteiger partial charge in [-0.3, -0.25) is 4.98 Å². The number of pyridine rings is 1. The molecule has 1 aromatic heterocycles. The largest absolute Gasteiger partial charge is 0.366 e. The number of rotatable bonds is 2. The third-order valence-corrected chi connectivity index (χ3v) is 3.76. The summed E-state index contributed by atoms with van der Waals surface area (Å²) in [5.41, 5.74) is 3.75. The fourth-order valence-corrected chi connectivity index (χ4v) is 2.61. The minimum Gasteiger partial charge on any atom is -0.366 e. The number of benzene rings is 1. The van der Waals surface area contributed by atoms with Gasteiger partial charge in [-0.05, 0) is 23.3 Å². The summed E-state index contributed by atoms with van der Waals surface area (Å²) in [6.07, 6.45) is 3.50. The van der Waals surface area contributed by atoms with Crippen LogP contribution in [0.3, 0.4) is 0 Å². The van der Waals surface area contributed by atoms with Gasteiger partial charge in [0.2, 0.25) is 0 Å². The summed E-state index contributed by atoms with van der Waals surface area (Å²) >= 11 is 6.21. The Hall–Kier alpha value is -1.00. The Balaban J connectivity index is 0.00000110. The molecule has 0 amide bonds. The summed E-state index contributed by atoms with van der Waals surface area (Å²) in [7, 11) is 0. The van der Waals surface area contributed by atoms with Crippen LogP contribution in [0.15, 0.2) is 42.7 Å². The predicted molar refractivity (Wildman–Crippen MR) is 92.9 cm³/mol. The van der Waals surface area contributed by atoms with E-state index in [-0.39, 0.29) is 24.8 Å². The molecule has 0 aliphatic carbocycles. The molecule has 1 aliphatic rings. The number of halogens is 3. The van der Waals surface area contributed by atoms with E-state index in [9.17, 15) is 0 Å². The van der Waals surface area contributed by atoms with Gasteiger partial charge in [0.15, 0.2) is 0 Å². The smallest absolute Gasteiger partial charge is 0.0639 e. The van der Waals surface area contributed by atoms with Gasteiger partial charge < -0.3 is 10.2 Å². The molecule has 1 N–H and O–H groups in total. The Morgan fingerprint density at radius 3 is 2.81 bits per heavy atom. The molecule has 0 spiro atoms. The molecule has 3 nitrogen and oxygen atoms in total. The maximum Gasteiger partial charge on any atom is 0.0639 e. The molecule has 0 radical (unpaired) electrons. The zero-order valence-electron chi connectivity index (χ0n) is 11.5. The fraction of sp³-hybridized carbons (Fsp3) is 0.267. The second-order valence-electron chi connectivity index (χ2n) is 4.69. The van der Waals surface area contributed by atoms with E-state index in [0.717, 1.165) is 36.8 Å². The standard InChI is InChI=1S/C15H16ClN3.2ClH/c16-14-10-17-6-5-13(14)11-19-8-7-18-9-12-3-1-2-4-15(12)19;;/h1-6,10,18H,7-9,11H2;2*1H. The molecule has 21 heavy (non-hydrogen) atoms. The molecule has 0 unspecified atom stereocenters. The minimum atomic E-state index is 0. The van der Waals surface area contributed by atoms with Crippen LogP contribution in [0.4, 0.5) is 5.69 Å². The zero-order chi connectivity index (χ0) is 13.1. The van der Waals surface area contributed by atoms with Crippen LogP contribution in [0.2, 0.25) is 5.02 Å². The van der Waals surface area contributed by atoms with Gasteiger partial charge in [-0.25, -0.2) is 0 Å². The van der Waals surface area contributed by atoms with Gasteiger partial charge in [-0.15, -0.1) is 24.8 Å². The van der Waals surface area contributed by atoms with Crippen molar-refractivity contribution >= 4 is 42.1 Å². The highest BCUT2D eigenvalue weighted by molar-refractivity contribution is 6.31. The van der Waals surface area contributed by atoms with Crippen molar-refractivity contribution in [3.63, 3.8) is 0 Å². The van der Waals surface area contributed by atoms with E-state index >= 15 is 0 Å². The summed E-state index contributed by atoms with van der Waals surface area (Å²) in [6, 6.07) is 10.5. The van der Waals surface area contributed by atoms with Gasteiger partial charge in [0, 0.05) is 44.3 Å². The molecule has 1 aromatic carbocycles. The van der Waals surface area contributed by atoms with Crippen LogP contribution >= 0.6 is 36.4 Å². The van der Waals surface area contributed by atoms with E-state index in [0.29, 0.717) is 0 Å². The van der Waals surface area contributed by atoms with Gasteiger partial charge in [-0.1, -0.05) is 29.8 Å². The molecule has 2 aromatic rings. The van der Waals surface area contributed by atoms with E-state index in [1.54, 1.807) is 12.4 Å². The average molecular weight is 347 g/mol. The third-order valence-electron chi connectivity index (χ3n) is 3.42. The second kappa shape index (κ2) is 8.44. The first-order valence-corrected chi connectivity index (χ1v) is 6.84. The molecule has 3 rings (SSSR count). The first-order valence-electron chi connectivity index (χ1n) is 6.46. The van der Waals surface area contributed by atoms with Crippen LogP contribution in [0.25, 0.3) is 0 Å². The van der Waals surface area contributed by atoms with Crippen LogP contribution in [0, 0.1) is 0 Å². The molecule has 0 fully saturated rings. The van der Waals surface area contributed by atoms with Crippen molar-refractivity contribution in [2.45, 2.75) is 13.1 Å². The Morgan fingerprint density at radius 1 is 1.19 bits per heavy atom. The van der Waals surface area contributed by atoms with Gasteiger partial charge in [-0.2, -0.15) is 0 Å². The van der Waals surface area contributed by atoms with Crippen molar-refractivity contribution in [2.24, 2.45) is 0 Å². The average Bonchev–Trinajstić information content (AvgIpc) is 2.64. The Labute approximate surface area is 142 Å². The summed E-state index contributed by atoms with van der Waals surface area (Å²) < 4.78 is 0. The molecule has 0 bridgehead atoms. The van der Waals surface area contributed by atoms with Gasteiger partial charge in [0.05, 0.1) is 5.02 Å². The first-order chi connectivity index (χ1) is 9.34. The molecular formula is C15H18Cl3N3. The third kappa shape index (κ3) is 4.24. The lowest BCUT2D eigenvalue weighted by Crippen LogP contribution is -2.28. The Kier molecular flexibility index (Phi) is 7.26. The molecule has 0 atom stereocenters. The monoisotopic (exact) mass is 345 g/mol. The van der Waals surface area contributed by atoms with Crippen molar-refractivity contribution in [1.29, 1.82) is 0 Å². The number of hydrogen-bond donors (Lipinski definition) is 1. The molecule has 6 heteroatoms. The molecule has 1 aliphatic heterocycles. The van der Waals surface area contributed by atoms with Crippen LogP contribution in [-0.4, -0.2) is 18.1 Å². The Morgan fingerprint density at radius 2 is 2.00 bits per heavy atom. The van der Waals surface area contributed by atoms with Crippen LogP contribution in [-0.2, 0) is 13.1 Å². The highest BCUT2D eigenvalue weighted by Gasteiger charge is 2.15. The topological polar surface area (TPSA) is 28.2 Å². The lowest BCUT2D eigenvalue weighted by Gasteiger charge is -2.25. The molecular weight excluding hydrogens is 329 g/mol. The van der Waals surface area contributed by atoms with Crippen molar-refractivity contribution in [3.05, 3.63) is 58.9 Å². The van der Waals surface area contributed by atoms with Crippen molar-refractivity contribution in [2.75, 3.05) is 18.0 Å². The van der Waals surface area contributed by atoms with E-state index in [1.807, 2.05) is 6.07 Å². The van der Waals surface area contributed by atoms with E-state index < -0.39 is 0 Å². The minimum absolute atomic E-state index is 0. The summed E-state index contributed by atoms with van der Waals surface area (Å²) in [5.74, 6) is 0. The van der Waals surface area contributed by atoms with Crippen LogP contribution < -0.4 is 10.2 Å². The summed E-state index contributed by atoms with van der Waals surface area (Å²) in [6.45, 7) is 3.71. The zero-order valence-corrected chi connectivity index (χ0v) is 13.8. The number of anilines is 1. The highest BCUT2D eigenvalue weighted by atomic mass is 35.5. The molecule has 114 valence electrons. The summed E-state index contributed by atoms with van der Waals surface area (Å²) in [4.78, 5) is 6.41. The highest BCUT2D eigenvalue weighted by Crippen LogP contribution is 2.25. The second-order valence-corrected chi connectivity index (χ2v) is 5.10. The number of aromatic nitrogens is 1. The SMILES string of the molecule is Cl.Cl.Clc1cnccc1CN1CCNCc2ccccc21. The lowest BCUT2D eigenvalue weighted by molar-refractivity contribution is 0.688. The van der Waals surface area contributed by atoms with Gasteiger partial charge in [0.1, 0.15) is 0 Å². The van der Waals surface area contributed by atoms with E-state index in [2.05, 4.69) is 39.5 Å². The van der Waals surface area contributed by atoms with Crippen molar-refractivity contribution in [1.82, 2.24) is 10.3 Å². The number of nitrogens with one attached hydrogen (secondary N) is 1. The number of nitrogens with zero attached hydrogens (tertiary/aromatic N) is 2. The number of hydrogen-bond acceptors (Lipinski definition) is 3. The van der Waals surface area contributed by atoms with Crippen molar-refractivity contribution in [3.8, 4) is 0 Å². The van der Waals surface area contributed by atoms with Crippen molar-refractivity contribution < 1.29 is 0 Å². The predicted octanol–water partition coefficient (Wildman–Crippen LogP) is 3.69. The van der Waals surface area contributed by atoms with Crippen LogP contribution in [0.5, 0.6) is 0 Å². The van der Waals surface area contributed by atoms with Gasteiger partial charge >= 0.3 is 0 Å².